The van der Waals surface area contributed by atoms with Crippen LogP contribution < -0.4 is 16.0 Å². The summed E-state index contributed by atoms with van der Waals surface area (Å²) in [5.74, 6) is -1.53. The SMILES string of the molecule is CCNC(=O)NC(=O)CNC1CCCC(C(=O)O)C1. The molecule has 0 radical (unpaired) electrons. The van der Waals surface area contributed by atoms with Crippen LogP contribution in [0.2, 0.25) is 0 Å². The number of aliphatic carboxylic acids is 1. The first-order valence-electron chi connectivity index (χ1n) is 6.56. The summed E-state index contributed by atoms with van der Waals surface area (Å²) in [4.78, 5) is 33.4. The van der Waals surface area contributed by atoms with Gasteiger partial charge in [-0.2, -0.15) is 0 Å². The van der Waals surface area contributed by atoms with Crippen molar-refractivity contribution < 1.29 is 19.5 Å². The van der Waals surface area contributed by atoms with Crippen molar-refractivity contribution >= 4 is 17.9 Å². The van der Waals surface area contributed by atoms with Crippen LogP contribution in [0.1, 0.15) is 32.6 Å². The number of carbonyl (C=O) groups excluding carboxylic acids is 2. The molecule has 2 atom stereocenters. The number of nitrogens with one attached hydrogen (secondary N) is 3. The van der Waals surface area contributed by atoms with E-state index in [9.17, 15) is 14.4 Å². The minimum Gasteiger partial charge on any atom is -0.481 e. The van der Waals surface area contributed by atoms with Crippen molar-refractivity contribution in [3.05, 3.63) is 0 Å². The Morgan fingerprint density at radius 3 is 2.63 bits per heavy atom. The maximum absolute atomic E-state index is 11.4. The topological polar surface area (TPSA) is 108 Å². The van der Waals surface area contributed by atoms with Gasteiger partial charge in [-0.25, -0.2) is 4.79 Å². The van der Waals surface area contributed by atoms with Crippen molar-refractivity contribution in [1.82, 2.24) is 16.0 Å². The fourth-order valence-electron chi connectivity index (χ4n) is 2.21. The van der Waals surface area contributed by atoms with Crippen molar-refractivity contribution in [2.75, 3.05) is 13.1 Å². The Morgan fingerprint density at radius 2 is 2.00 bits per heavy atom. The lowest BCUT2D eigenvalue weighted by molar-refractivity contribution is -0.143. The van der Waals surface area contributed by atoms with E-state index in [-0.39, 0.29) is 18.5 Å². The average Bonchev–Trinajstić information content (AvgIpc) is 2.37. The smallest absolute Gasteiger partial charge is 0.321 e. The Hall–Kier alpha value is -1.63. The first-order valence-corrected chi connectivity index (χ1v) is 6.56. The molecule has 1 rings (SSSR count). The van der Waals surface area contributed by atoms with E-state index in [0.717, 1.165) is 12.8 Å². The Morgan fingerprint density at radius 1 is 1.26 bits per heavy atom. The van der Waals surface area contributed by atoms with Gasteiger partial charge in [-0.1, -0.05) is 6.42 Å². The van der Waals surface area contributed by atoms with Gasteiger partial charge in [0.2, 0.25) is 5.91 Å². The number of carbonyl (C=O) groups is 3. The summed E-state index contributed by atoms with van der Waals surface area (Å²) in [6.07, 6.45) is 2.92. The minimum atomic E-state index is -0.779. The first-order chi connectivity index (χ1) is 9.02. The Balaban J connectivity index is 2.26. The molecule has 0 aromatic carbocycles. The third kappa shape index (κ3) is 5.69. The second kappa shape index (κ2) is 7.73. The van der Waals surface area contributed by atoms with Crippen LogP contribution in [0, 0.1) is 5.92 Å². The van der Waals surface area contributed by atoms with Crippen LogP contribution in [-0.4, -0.2) is 42.1 Å². The Kier molecular flexibility index (Phi) is 6.27. The molecule has 0 heterocycles. The lowest BCUT2D eigenvalue weighted by Gasteiger charge is -2.27. The van der Waals surface area contributed by atoms with E-state index >= 15 is 0 Å². The quantitative estimate of drug-likeness (QED) is 0.566. The zero-order valence-corrected chi connectivity index (χ0v) is 11.1. The maximum atomic E-state index is 11.4. The summed E-state index contributed by atoms with van der Waals surface area (Å²) in [5.41, 5.74) is 0. The third-order valence-corrected chi connectivity index (χ3v) is 3.17. The Labute approximate surface area is 112 Å². The van der Waals surface area contributed by atoms with Crippen LogP contribution in [0.3, 0.4) is 0 Å². The van der Waals surface area contributed by atoms with Gasteiger partial charge in [0, 0.05) is 12.6 Å². The molecule has 0 aromatic rings. The highest BCUT2D eigenvalue weighted by Crippen LogP contribution is 2.24. The van der Waals surface area contributed by atoms with Crippen molar-refractivity contribution in [3.63, 3.8) is 0 Å². The number of carboxylic acids is 1. The number of rotatable bonds is 5. The number of hydrogen-bond donors (Lipinski definition) is 4. The van der Waals surface area contributed by atoms with E-state index < -0.39 is 17.9 Å². The van der Waals surface area contributed by atoms with Crippen LogP contribution in [0.4, 0.5) is 4.79 Å². The summed E-state index contributed by atoms with van der Waals surface area (Å²) in [6, 6.07) is -0.490. The molecule has 7 heteroatoms. The van der Waals surface area contributed by atoms with Crippen LogP contribution in [0.25, 0.3) is 0 Å². The molecule has 1 aliphatic carbocycles. The maximum Gasteiger partial charge on any atom is 0.321 e. The van der Waals surface area contributed by atoms with E-state index in [1.54, 1.807) is 6.92 Å². The second-order valence-electron chi connectivity index (χ2n) is 4.69. The van der Waals surface area contributed by atoms with Crippen molar-refractivity contribution in [1.29, 1.82) is 0 Å². The van der Waals surface area contributed by atoms with E-state index in [2.05, 4.69) is 16.0 Å². The van der Waals surface area contributed by atoms with E-state index in [1.165, 1.54) is 0 Å². The van der Waals surface area contributed by atoms with Gasteiger partial charge in [0.25, 0.3) is 0 Å². The molecule has 1 fully saturated rings. The molecule has 7 nitrogen and oxygen atoms in total. The Bertz CT molecular complexity index is 346. The van der Waals surface area contributed by atoms with Gasteiger partial charge in [-0.3, -0.25) is 14.9 Å². The van der Waals surface area contributed by atoms with E-state index in [0.29, 0.717) is 19.4 Å². The van der Waals surface area contributed by atoms with Crippen LogP contribution in [0.15, 0.2) is 0 Å². The number of imide groups is 1. The fraction of sp³-hybridized carbons (Fsp3) is 0.750. The molecule has 108 valence electrons. The number of urea groups is 1. The lowest BCUT2D eigenvalue weighted by Crippen LogP contribution is -2.46. The molecule has 1 aliphatic rings. The van der Waals surface area contributed by atoms with Gasteiger partial charge in [0.15, 0.2) is 0 Å². The highest BCUT2D eigenvalue weighted by atomic mass is 16.4. The molecular formula is C12H21N3O4. The molecular weight excluding hydrogens is 250 g/mol. The van der Waals surface area contributed by atoms with Gasteiger partial charge in [-0.15, -0.1) is 0 Å². The summed E-state index contributed by atoms with van der Waals surface area (Å²) in [7, 11) is 0. The molecule has 2 unspecified atom stereocenters. The standard InChI is InChI=1S/C12H21N3O4/c1-2-13-12(19)15-10(16)7-14-9-5-3-4-8(6-9)11(17)18/h8-9,14H,2-7H2,1H3,(H,17,18)(H2,13,15,16,19). The highest BCUT2D eigenvalue weighted by Gasteiger charge is 2.26. The van der Waals surface area contributed by atoms with Gasteiger partial charge >= 0.3 is 12.0 Å². The molecule has 3 amide bonds. The average molecular weight is 271 g/mol. The lowest BCUT2D eigenvalue weighted by atomic mass is 9.86. The van der Waals surface area contributed by atoms with Crippen molar-refractivity contribution in [2.24, 2.45) is 5.92 Å². The zero-order valence-electron chi connectivity index (χ0n) is 11.1. The first kappa shape index (κ1) is 15.4. The van der Waals surface area contributed by atoms with E-state index in [4.69, 9.17) is 5.11 Å². The summed E-state index contributed by atoms with van der Waals surface area (Å²) >= 11 is 0. The molecule has 0 spiro atoms. The largest absolute Gasteiger partial charge is 0.481 e. The fourth-order valence-corrected chi connectivity index (χ4v) is 2.21. The normalized spacial score (nSPS) is 22.6. The van der Waals surface area contributed by atoms with Gasteiger partial charge < -0.3 is 15.7 Å². The summed E-state index contributed by atoms with van der Waals surface area (Å²) in [5, 5.41) is 16.6. The van der Waals surface area contributed by atoms with Crippen LogP contribution in [0.5, 0.6) is 0 Å². The summed E-state index contributed by atoms with van der Waals surface area (Å²) < 4.78 is 0. The highest BCUT2D eigenvalue weighted by molar-refractivity contribution is 5.95. The van der Waals surface area contributed by atoms with Crippen molar-refractivity contribution in [3.8, 4) is 0 Å². The number of carboxylic acid groups (broad SMARTS) is 1. The van der Waals surface area contributed by atoms with Crippen LogP contribution in [-0.2, 0) is 9.59 Å². The number of amides is 3. The molecule has 0 bridgehead atoms. The summed E-state index contributed by atoms with van der Waals surface area (Å²) in [6.45, 7) is 2.24. The van der Waals surface area contributed by atoms with Crippen molar-refractivity contribution in [2.45, 2.75) is 38.6 Å². The monoisotopic (exact) mass is 271 g/mol. The molecule has 0 saturated heterocycles. The van der Waals surface area contributed by atoms with Crippen LogP contribution >= 0.6 is 0 Å². The second-order valence-corrected chi connectivity index (χ2v) is 4.69. The predicted molar refractivity (Wildman–Crippen MR) is 68.6 cm³/mol. The van der Waals surface area contributed by atoms with Gasteiger partial charge in [-0.05, 0) is 26.2 Å². The van der Waals surface area contributed by atoms with E-state index in [1.807, 2.05) is 0 Å². The molecule has 19 heavy (non-hydrogen) atoms. The molecule has 0 aromatic heterocycles. The third-order valence-electron chi connectivity index (χ3n) is 3.17. The molecule has 1 saturated carbocycles. The van der Waals surface area contributed by atoms with Gasteiger partial charge in [0.05, 0.1) is 12.5 Å². The van der Waals surface area contributed by atoms with Gasteiger partial charge in [0.1, 0.15) is 0 Å². The molecule has 4 N–H and O–H groups in total. The zero-order chi connectivity index (χ0) is 14.3. The molecule has 0 aliphatic heterocycles. The number of hydrogen-bond acceptors (Lipinski definition) is 4. The minimum absolute atomic E-state index is 0.0220. The predicted octanol–water partition coefficient (Wildman–Crippen LogP) is 0.0651.